The first kappa shape index (κ1) is 20.5. The molecule has 2 saturated heterocycles. The molecule has 0 saturated carbocycles. The van der Waals surface area contributed by atoms with Gasteiger partial charge in [0.15, 0.2) is 5.96 Å². The summed E-state index contributed by atoms with van der Waals surface area (Å²) < 4.78 is 6.60. The van der Waals surface area contributed by atoms with Gasteiger partial charge < -0.3 is 19.9 Å². The maximum atomic E-state index is 5.46. The zero-order valence-corrected chi connectivity index (χ0v) is 18.2. The number of rotatable bonds is 6. The van der Waals surface area contributed by atoms with E-state index in [0.717, 1.165) is 55.7 Å². The smallest absolute Gasteiger partial charge is 0.193 e. The lowest BCUT2D eigenvalue weighted by molar-refractivity contribution is 0.0625. The molecule has 5 nitrogen and oxygen atoms in total. The highest BCUT2D eigenvalue weighted by molar-refractivity contribution is 9.10. The van der Waals surface area contributed by atoms with E-state index in [1.165, 1.54) is 31.4 Å². The van der Waals surface area contributed by atoms with Crippen LogP contribution in [0.15, 0.2) is 33.7 Å². The molecule has 1 N–H and O–H groups in total. The molecule has 2 aliphatic heterocycles. The van der Waals surface area contributed by atoms with E-state index in [-0.39, 0.29) is 0 Å². The van der Waals surface area contributed by atoms with Gasteiger partial charge in [-0.15, -0.1) is 0 Å². The van der Waals surface area contributed by atoms with Crippen molar-refractivity contribution in [1.29, 1.82) is 0 Å². The topological polar surface area (TPSA) is 40.1 Å². The molecule has 6 heteroatoms. The predicted octanol–water partition coefficient (Wildman–Crippen LogP) is 3.60. The number of hydrogen-bond donors (Lipinski definition) is 1. The number of benzene rings is 1. The van der Waals surface area contributed by atoms with Gasteiger partial charge in [-0.1, -0.05) is 15.9 Å². The molecule has 1 atom stereocenters. The fourth-order valence-electron chi connectivity index (χ4n) is 4.02. The largest absolute Gasteiger partial charge is 0.381 e. The van der Waals surface area contributed by atoms with Gasteiger partial charge in [0.25, 0.3) is 0 Å². The summed E-state index contributed by atoms with van der Waals surface area (Å²) in [5, 5.41) is 3.60. The van der Waals surface area contributed by atoms with Crippen molar-refractivity contribution in [2.24, 2.45) is 16.8 Å². The average molecular weight is 437 g/mol. The summed E-state index contributed by atoms with van der Waals surface area (Å²) >= 11 is 3.51. The zero-order valence-electron chi connectivity index (χ0n) is 16.7. The van der Waals surface area contributed by atoms with Gasteiger partial charge in [-0.3, -0.25) is 4.99 Å². The quantitative estimate of drug-likeness (QED) is 0.546. The molecule has 2 heterocycles. The summed E-state index contributed by atoms with van der Waals surface area (Å²) in [6.07, 6.45) is 4.86. The second-order valence-electron chi connectivity index (χ2n) is 7.77. The Labute approximate surface area is 172 Å². The number of hydrogen-bond acceptors (Lipinski definition) is 3. The molecule has 27 heavy (non-hydrogen) atoms. The van der Waals surface area contributed by atoms with E-state index < -0.39 is 0 Å². The molecule has 0 spiro atoms. The number of ether oxygens (including phenoxy) is 1. The van der Waals surface area contributed by atoms with Gasteiger partial charge in [-0.2, -0.15) is 0 Å². The van der Waals surface area contributed by atoms with Crippen LogP contribution in [0, 0.1) is 11.8 Å². The second kappa shape index (κ2) is 10.3. The van der Waals surface area contributed by atoms with E-state index in [9.17, 15) is 0 Å². The zero-order chi connectivity index (χ0) is 19.1. The SMILES string of the molecule is CN=C(NCC1CCN(c2ccc(Br)cc2)C1)N(C)CCC1CCOCC1. The van der Waals surface area contributed by atoms with Crippen LogP contribution in [0.3, 0.4) is 0 Å². The number of nitrogens with zero attached hydrogens (tertiary/aromatic N) is 3. The molecule has 3 rings (SSSR count). The monoisotopic (exact) mass is 436 g/mol. The summed E-state index contributed by atoms with van der Waals surface area (Å²) in [6.45, 7) is 6.14. The first-order chi connectivity index (χ1) is 13.2. The van der Waals surface area contributed by atoms with Crippen LogP contribution in [-0.4, -0.2) is 64.3 Å². The molecule has 0 bridgehead atoms. The molecular formula is C21H33BrN4O. The summed E-state index contributed by atoms with van der Waals surface area (Å²) in [7, 11) is 4.04. The van der Waals surface area contributed by atoms with E-state index in [1.807, 2.05) is 7.05 Å². The van der Waals surface area contributed by atoms with Gasteiger partial charge in [0.1, 0.15) is 0 Å². The standard InChI is InChI=1S/C21H33BrN4O/c1-23-21(25(2)11-7-17-9-13-27-14-10-17)24-15-18-8-12-26(16-18)20-5-3-19(22)4-6-20/h3-6,17-18H,7-16H2,1-2H3,(H,23,24). The van der Waals surface area contributed by atoms with Crippen LogP contribution in [0.25, 0.3) is 0 Å². The van der Waals surface area contributed by atoms with Crippen LogP contribution in [-0.2, 0) is 4.74 Å². The van der Waals surface area contributed by atoms with Crippen molar-refractivity contribution in [3.8, 4) is 0 Å². The van der Waals surface area contributed by atoms with Crippen molar-refractivity contribution in [3.63, 3.8) is 0 Å². The van der Waals surface area contributed by atoms with Crippen molar-refractivity contribution in [3.05, 3.63) is 28.7 Å². The number of aliphatic imine (C=N–C) groups is 1. The van der Waals surface area contributed by atoms with Crippen molar-refractivity contribution >= 4 is 27.6 Å². The Morgan fingerprint density at radius 1 is 1.22 bits per heavy atom. The van der Waals surface area contributed by atoms with Crippen molar-refractivity contribution in [2.75, 3.05) is 58.4 Å². The molecular weight excluding hydrogens is 404 g/mol. The number of halogens is 1. The highest BCUT2D eigenvalue weighted by Crippen LogP contribution is 2.25. The van der Waals surface area contributed by atoms with Crippen LogP contribution < -0.4 is 10.2 Å². The molecule has 2 aliphatic rings. The summed E-state index contributed by atoms with van der Waals surface area (Å²) in [6, 6.07) is 8.64. The molecule has 1 aromatic carbocycles. The molecule has 1 aromatic rings. The van der Waals surface area contributed by atoms with Gasteiger partial charge in [0, 0.05) is 63.6 Å². The summed E-state index contributed by atoms with van der Waals surface area (Å²) in [4.78, 5) is 9.24. The third-order valence-electron chi connectivity index (χ3n) is 5.81. The second-order valence-corrected chi connectivity index (χ2v) is 8.69. The van der Waals surface area contributed by atoms with E-state index in [4.69, 9.17) is 4.74 Å². The predicted molar refractivity (Wildman–Crippen MR) is 117 cm³/mol. The van der Waals surface area contributed by atoms with Gasteiger partial charge in [-0.05, 0) is 61.8 Å². The van der Waals surface area contributed by atoms with Crippen molar-refractivity contribution in [1.82, 2.24) is 10.2 Å². The molecule has 1 unspecified atom stereocenters. The van der Waals surface area contributed by atoms with Gasteiger partial charge in [-0.25, -0.2) is 0 Å². The molecule has 0 amide bonds. The van der Waals surface area contributed by atoms with Crippen LogP contribution >= 0.6 is 15.9 Å². The average Bonchev–Trinajstić information content (AvgIpc) is 3.17. The maximum absolute atomic E-state index is 5.46. The van der Waals surface area contributed by atoms with Crippen molar-refractivity contribution in [2.45, 2.75) is 25.7 Å². The minimum absolute atomic E-state index is 0.661. The van der Waals surface area contributed by atoms with Gasteiger partial charge in [0.2, 0.25) is 0 Å². The molecule has 150 valence electrons. The molecule has 0 aromatic heterocycles. The first-order valence-corrected chi connectivity index (χ1v) is 10.9. The number of nitrogens with one attached hydrogen (secondary N) is 1. The van der Waals surface area contributed by atoms with Crippen LogP contribution in [0.2, 0.25) is 0 Å². The van der Waals surface area contributed by atoms with E-state index in [1.54, 1.807) is 0 Å². The van der Waals surface area contributed by atoms with E-state index in [2.05, 4.69) is 67.4 Å². The fourth-order valence-corrected chi connectivity index (χ4v) is 4.29. The van der Waals surface area contributed by atoms with Gasteiger partial charge >= 0.3 is 0 Å². The lowest BCUT2D eigenvalue weighted by atomic mass is 9.96. The Balaban J connectivity index is 1.40. The third kappa shape index (κ3) is 6.11. The van der Waals surface area contributed by atoms with E-state index in [0.29, 0.717) is 5.92 Å². The lowest BCUT2D eigenvalue weighted by Gasteiger charge is -2.27. The third-order valence-corrected chi connectivity index (χ3v) is 6.34. The Kier molecular flexibility index (Phi) is 7.82. The van der Waals surface area contributed by atoms with E-state index >= 15 is 0 Å². The fraction of sp³-hybridized carbons (Fsp3) is 0.667. The van der Waals surface area contributed by atoms with Gasteiger partial charge in [0.05, 0.1) is 0 Å². The maximum Gasteiger partial charge on any atom is 0.193 e. The highest BCUT2D eigenvalue weighted by Gasteiger charge is 2.23. The Bertz CT molecular complexity index is 601. The van der Waals surface area contributed by atoms with Crippen LogP contribution in [0.5, 0.6) is 0 Å². The molecule has 2 fully saturated rings. The summed E-state index contributed by atoms with van der Waals surface area (Å²) in [5.41, 5.74) is 1.32. The van der Waals surface area contributed by atoms with Crippen LogP contribution in [0.4, 0.5) is 5.69 Å². The van der Waals surface area contributed by atoms with Crippen LogP contribution in [0.1, 0.15) is 25.7 Å². The minimum atomic E-state index is 0.661. The molecule has 0 radical (unpaired) electrons. The van der Waals surface area contributed by atoms with Crippen molar-refractivity contribution < 1.29 is 4.74 Å². The number of guanidine groups is 1. The Morgan fingerprint density at radius 3 is 2.67 bits per heavy atom. The minimum Gasteiger partial charge on any atom is -0.381 e. The highest BCUT2D eigenvalue weighted by atomic mass is 79.9. The normalized spacial score (nSPS) is 21.5. The molecule has 0 aliphatic carbocycles. The lowest BCUT2D eigenvalue weighted by Crippen LogP contribution is -2.42. The Hall–Kier alpha value is -1.27. The first-order valence-electron chi connectivity index (χ1n) is 10.2. The number of anilines is 1. The Morgan fingerprint density at radius 2 is 1.96 bits per heavy atom. The summed E-state index contributed by atoms with van der Waals surface area (Å²) in [5.74, 6) is 2.48.